The summed E-state index contributed by atoms with van der Waals surface area (Å²) < 4.78 is 2.38. The molecule has 0 spiro atoms. The SMILES string of the molecule is Cc1c(Cl)ccc2c(CCN3CCNCC3)cn(C(C)C)c12. The van der Waals surface area contributed by atoms with Gasteiger partial charge in [-0.2, -0.15) is 0 Å². The molecule has 0 saturated carbocycles. The van der Waals surface area contributed by atoms with E-state index >= 15 is 0 Å². The van der Waals surface area contributed by atoms with E-state index in [1.807, 2.05) is 6.07 Å². The maximum Gasteiger partial charge on any atom is 0.0530 e. The first-order valence-corrected chi connectivity index (χ1v) is 8.67. The minimum atomic E-state index is 0.451. The van der Waals surface area contributed by atoms with Gasteiger partial charge in [-0.3, -0.25) is 0 Å². The number of benzene rings is 1. The molecule has 3 rings (SSSR count). The second-order valence-corrected chi connectivity index (χ2v) is 6.97. The number of aromatic nitrogens is 1. The van der Waals surface area contributed by atoms with Gasteiger partial charge in [0.1, 0.15) is 0 Å². The van der Waals surface area contributed by atoms with Gasteiger partial charge < -0.3 is 14.8 Å². The summed E-state index contributed by atoms with van der Waals surface area (Å²) in [7, 11) is 0. The Hall–Kier alpha value is -1.03. The predicted molar refractivity (Wildman–Crippen MR) is 95.1 cm³/mol. The molecule has 2 heterocycles. The van der Waals surface area contributed by atoms with Crippen LogP contribution in [0, 0.1) is 6.92 Å². The third-order valence-electron chi connectivity index (χ3n) is 4.73. The zero-order chi connectivity index (χ0) is 15.7. The van der Waals surface area contributed by atoms with Crippen LogP contribution in [0.2, 0.25) is 5.02 Å². The largest absolute Gasteiger partial charge is 0.344 e. The Kier molecular flexibility index (Phi) is 4.76. The van der Waals surface area contributed by atoms with Crippen LogP contribution >= 0.6 is 11.6 Å². The Morgan fingerprint density at radius 2 is 1.95 bits per heavy atom. The van der Waals surface area contributed by atoms with E-state index in [-0.39, 0.29) is 0 Å². The number of rotatable bonds is 4. The summed E-state index contributed by atoms with van der Waals surface area (Å²) in [4.78, 5) is 2.55. The van der Waals surface area contributed by atoms with Crippen LogP contribution in [-0.2, 0) is 6.42 Å². The predicted octanol–water partition coefficient (Wildman–Crippen LogP) is 3.63. The fourth-order valence-corrected chi connectivity index (χ4v) is 3.54. The van der Waals surface area contributed by atoms with Gasteiger partial charge >= 0.3 is 0 Å². The maximum atomic E-state index is 6.34. The van der Waals surface area contributed by atoms with Crippen molar-refractivity contribution >= 4 is 22.5 Å². The van der Waals surface area contributed by atoms with Gasteiger partial charge in [-0.15, -0.1) is 0 Å². The van der Waals surface area contributed by atoms with Gasteiger partial charge in [0.05, 0.1) is 5.52 Å². The maximum absolute atomic E-state index is 6.34. The average molecular weight is 320 g/mol. The molecule has 0 aliphatic carbocycles. The van der Waals surface area contributed by atoms with E-state index in [0.29, 0.717) is 6.04 Å². The zero-order valence-corrected chi connectivity index (χ0v) is 14.6. The van der Waals surface area contributed by atoms with Crippen molar-refractivity contribution in [3.05, 3.63) is 34.5 Å². The molecule has 22 heavy (non-hydrogen) atoms. The standard InChI is InChI=1S/C18H26ClN3/c1-13(2)22-12-15(6-9-21-10-7-20-8-11-21)16-4-5-17(19)14(3)18(16)22/h4-5,12-13,20H,6-11H2,1-3H3. The van der Waals surface area contributed by atoms with Crippen LogP contribution in [0.3, 0.4) is 0 Å². The van der Waals surface area contributed by atoms with Crippen LogP contribution < -0.4 is 5.32 Å². The highest BCUT2D eigenvalue weighted by Crippen LogP contribution is 2.31. The quantitative estimate of drug-likeness (QED) is 0.928. The van der Waals surface area contributed by atoms with E-state index in [1.54, 1.807) is 0 Å². The first-order valence-electron chi connectivity index (χ1n) is 8.29. The fourth-order valence-electron chi connectivity index (χ4n) is 3.39. The summed E-state index contributed by atoms with van der Waals surface area (Å²) >= 11 is 6.34. The number of piperazine rings is 1. The van der Waals surface area contributed by atoms with Crippen LogP contribution in [0.15, 0.2) is 18.3 Å². The lowest BCUT2D eigenvalue weighted by molar-refractivity contribution is 0.244. The Balaban J connectivity index is 1.90. The molecule has 4 heteroatoms. The van der Waals surface area contributed by atoms with Crippen LogP contribution in [0.1, 0.15) is 31.0 Å². The van der Waals surface area contributed by atoms with Crippen LogP contribution in [-0.4, -0.2) is 42.2 Å². The van der Waals surface area contributed by atoms with Gasteiger partial charge in [-0.25, -0.2) is 0 Å². The topological polar surface area (TPSA) is 20.2 Å². The van der Waals surface area contributed by atoms with E-state index in [4.69, 9.17) is 11.6 Å². The lowest BCUT2D eigenvalue weighted by atomic mass is 10.1. The lowest BCUT2D eigenvalue weighted by Gasteiger charge is -2.26. The van der Waals surface area contributed by atoms with E-state index in [0.717, 1.165) is 44.2 Å². The Bertz CT molecular complexity index is 654. The Labute approximate surface area is 138 Å². The van der Waals surface area contributed by atoms with Gasteiger partial charge in [-0.1, -0.05) is 17.7 Å². The molecule has 120 valence electrons. The molecule has 0 unspecified atom stereocenters. The molecular weight excluding hydrogens is 294 g/mol. The molecule has 1 saturated heterocycles. The molecule has 1 N–H and O–H groups in total. The zero-order valence-electron chi connectivity index (χ0n) is 13.8. The van der Waals surface area contributed by atoms with Crippen molar-refractivity contribution in [2.75, 3.05) is 32.7 Å². The summed E-state index contributed by atoms with van der Waals surface area (Å²) in [6.45, 7) is 12.3. The summed E-state index contributed by atoms with van der Waals surface area (Å²) in [5.41, 5.74) is 3.95. The summed E-state index contributed by atoms with van der Waals surface area (Å²) in [5, 5.41) is 5.64. The minimum absolute atomic E-state index is 0.451. The second kappa shape index (κ2) is 6.61. The van der Waals surface area contributed by atoms with Gasteiger partial charge in [0, 0.05) is 55.4 Å². The van der Waals surface area contributed by atoms with Gasteiger partial charge in [0.25, 0.3) is 0 Å². The first-order chi connectivity index (χ1) is 10.6. The normalized spacial score (nSPS) is 16.8. The molecule has 1 aromatic carbocycles. The minimum Gasteiger partial charge on any atom is -0.344 e. The molecule has 0 radical (unpaired) electrons. The van der Waals surface area contributed by atoms with Crippen molar-refractivity contribution in [2.24, 2.45) is 0 Å². The molecule has 3 nitrogen and oxygen atoms in total. The summed E-state index contributed by atoms with van der Waals surface area (Å²) in [6, 6.07) is 4.68. The van der Waals surface area contributed by atoms with Gasteiger partial charge in [0.15, 0.2) is 0 Å². The summed E-state index contributed by atoms with van der Waals surface area (Å²) in [5.74, 6) is 0. The van der Waals surface area contributed by atoms with Crippen LogP contribution in [0.25, 0.3) is 10.9 Å². The Morgan fingerprint density at radius 1 is 1.23 bits per heavy atom. The molecule has 1 fully saturated rings. The van der Waals surface area contributed by atoms with Crippen molar-refractivity contribution in [1.82, 2.24) is 14.8 Å². The van der Waals surface area contributed by atoms with E-state index in [2.05, 4.69) is 47.8 Å². The van der Waals surface area contributed by atoms with Gasteiger partial charge in [-0.05, 0) is 44.4 Å². The fraction of sp³-hybridized carbons (Fsp3) is 0.556. The van der Waals surface area contributed by atoms with Crippen molar-refractivity contribution in [3.63, 3.8) is 0 Å². The average Bonchev–Trinajstić information content (AvgIpc) is 2.89. The number of halogens is 1. The number of hydrogen-bond donors (Lipinski definition) is 1. The monoisotopic (exact) mass is 319 g/mol. The smallest absolute Gasteiger partial charge is 0.0530 e. The first kappa shape index (κ1) is 15.9. The van der Waals surface area contributed by atoms with Gasteiger partial charge in [0.2, 0.25) is 0 Å². The van der Waals surface area contributed by atoms with Crippen molar-refractivity contribution in [1.29, 1.82) is 0 Å². The lowest BCUT2D eigenvalue weighted by Crippen LogP contribution is -2.44. The second-order valence-electron chi connectivity index (χ2n) is 6.57. The van der Waals surface area contributed by atoms with Crippen molar-refractivity contribution < 1.29 is 0 Å². The molecule has 0 atom stereocenters. The number of nitrogens with zero attached hydrogens (tertiary/aromatic N) is 2. The highest BCUT2D eigenvalue weighted by Gasteiger charge is 2.16. The number of fused-ring (bicyclic) bond motifs is 1. The number of nitrogens with one attached hydrogen (secondary N) is 1. The number of hydrogen-bond acceptors (Lipinski definition) is 2. The molecule has 1 aliphatic heterocycles. The van der Waals surface area contributed by atoms with Crippen molar-refractivity contribution in [3.8, 4) is 0 Å². The van der Waals surface area contributed by atoms with E-state index < -0.39 is 0 Å². The molecule has 1 aromatic heterocycles. The van der Waals surface area contributed by atoms with Crippen molar-refractivity contribution in [2.45, 2.75) is 33.2 Å². The third-order valence-corrected chi connectivity index (χ3v) is 5.14. The summed E-state index contributed by atoms with van der Waals surface area (Å²) in [6.07, 6.45) is 3.44. The van der Waals surface area contributed by atoms with Crippen LogP contribution in [0.5, 0.6) is 0 Å². The third kappa shape index (κ3) is 3.03. The molecule has 0 amide bonds. The molecular formula is C18H26ClN3. The highest BCUT2D eigenvalue weighted by atomic mass is 35.5. The van der Waals surface area contributed by atoms with E-state index in [9.17, 15) is 0 Å². The molecule has 2 aromatic rings. The molecule has 1 aliphatic rings. The van der Waals surface area contributed by atoms with E-state index in [1.165, 1.54) is 22.0 Å². The highest BCUT2D eigenvalue weighted by molar-refractivity contribution is 6.32. The number of aryl methyl sites for hydroxylation is 1. The van der Waals surface area contributed by atoms with Crippen LogP contribution in [0.4, 0.5) is 0 Å². The Morgan fingerprint density at radius 3 is 2.64 bits per heavy atom. The molecule has 0 bridgehead atoms.